The van der Waals surface area contributed by atoms with E-state index >= 15 is 0 Å². The number of benzene rings is 2. The number of nitrogen functional groups attached to an aromatic ring is 1. The van der Waals surface area contributed by atoms with Gasteiger partial charge in [0.05, 0.1) is 16.4 Å². The summed E-state index contributed by atoms with van der Waals surface area (Å²) in [6.45, 7) is 0. The van der Waals surface area contributed by atoms with E-state index < -0.39 is 0 Å². The Morgan fingerprint density at radius 3 is 2.41 bits per heavy atom. The van der Waals surface area contributed by atoms with Gasteiger partial charge in [0.25, 0.3) is 0 Å². The van der Waals surface area contributed by atoms with Crippen LogP contribution in [0.4, 0.5) is 17.1 Å². The number of nitrogens with one attached hydrogen (secondary N) is 1. The molecule has 0 unspecified atom stereocenters. The highest BCUT2D eigenvalue weighted by atomic mass is 35.5. The molecule has 2 aromatic rings. The maximum Gasteiger partial charge on any atom is 0.0807 e. The molecule has 0 saturated heterocycles. The van der Waals surface area contributed by atoms with Gasteiger partial charge in [-0.15, -0.1) is 11.8 Å². The lowest BCUT2D eigenvalue weighted by molar-refractivity contribution is 1.44. The third-order valence-electron chi connectivity index (χ3n) is 2.41. The number of nitrogens with two attached hydrogens (primary N) is 1. The summed E-state index contributed by atoms with van der Waals surface area (Å²) in [5.41, 5.74) is 8.25. The Kier molecular flexibility index (Phi) is 3.82. The average molecular weight is 265 g/mol. The summed E-state index contributed by atoms with van der Waals surface area (Å²) in [4.78, 5) is 1.22. The van der Waals surface area contributed by atoms with Gasteiger partial charge in [0.2, 0.25) is 0 Å². The first-order chi connectivity index (χ1) is 8.20. The fourth-order valence-corrected chi connectivity index (χ4v) is 2.13. The van der Waals surface area contributed by atoms with E-state index in [0.29, 0.717) is 10.7 Å². The van der Waals surface area contributed by atoms with Crippen molar-refractivity contribution in [1.82, 2.24) is 0 Å². The van der Waals surface area contributed by atoms with Gasteiger partial charge in [-0.3, -0.25) is 0 Å². The number of thioether (sulfide) groups is 1. The van der Waals surface area contributed by atoms with E-state index in [1.165, 1.54) is 4.90 Å². The van der Waals surface area contributed by atoms with Crippen LogP contribution in [0.2, 0.25) is 5.02 Å². The lowest BCUT2D eigenvalue weighted by atomic mass is 10.2. The lowest BCUT2D eigenvalue weighted by Gasteiger charge is -2.11. The van der Waals surface area contributed by atoms with E-state index in [4.69, 9.17) is 17.3 Å². The van der Waals surface area contributed by atoms with Crippen molar-refractivity contribution >= 4 is 40.4 Å². The molecule has 0 spiro atoms. The van der Waals surface area contributed by atoms with Crippen molar-refractivity contribution in [1.29, 1.82) is 0 Å². The topological polar surface area (TPSA) is 38.0 Å². The van der Waals surface area contributed by atoms with Gasteiger partial charge in [-0.05, 0) is 42.7 Å². The number of para-hydroxylation sites is 1. The van der Waals surface area contributed by atoms with Gasteiger partial charge in [-0.1, -0.05) is 17.7 Å². The molecular weight excluding hydrogens is 252 g/mol. The second-order valence-electron chi connectivity index (χ2n) is 3.56. The highest BCUT2D eigenvalue weighted by molar-refractivity contribution is 7.98. The van der Waals surface area contributed by atoms with Crippen molar-refractivity contribution in [2.75, 3.05) is 17.3 Å². The summed E-state index contributed by atoms with van der Waals surface area (Å²) >= 11 is 7.80. The Morgan fingerprint density at radius 2 is 1.82 bits per heavy atom. The molecule has 0 aliphatic heterocycles. The van der Waals surface area contributed by atoms with Crippen molar-refractivity contribution in [3.05, 3.63) is 47.5 Å². The zero-order valence-corrected chi connectivity index (χ0v) is 11.0. The maximum absolute atomic E-state index is 6.09. The molecule has 0 fully saturated rings. The monoisotopic (exact) mass is 264 g/mol. The lowest BCUT2D eigenvalue weighted by Crippen LogP contribution is -1.96. The fraction of sp³-hybridized carbons (Fsp3) is 0.0769. The summed E-state index contributed by atoms with van der Waals surface area (Å²) in [6, 6.07) is 13.6. The van der Waals surface area contributed by atoms with Crippen molar-refractivity contribution in [3.63, 3.8) is 0 Å². The summed E-state index contributed by atoms with van der Waals surface area (Å²) < 4.78 is 0. The van der Waals surface area contributed by atoms with Crippen molar-refractivity contribution in [2.45, 2.75) is 4.90 Å². The summed E-state index contributed by atoms with van der Waals surface area (Å²) in [5, 5.41) is 3.85. The Balaban J connectivity index is 2.25. The quantitative estimate of drug-likeness (QED) is 0.638. The van der Waals surface area contributed by atoms with Crippen LogP contribution in [0.5, 0.6) is 0 Å². The molecule has 3 N–H and O–H groups in total. The molecule has 17 heavy (non-hydrogen) atoms. The average Bonchev–Trinajstić information content (AvgIpc) is 2.35. The standard InChI is InChI=1S/C13H13ClN2S/c1-17-10-7-5-9(6-8-10)16-13-11(14)3-2-4-12(13)15/h2-8,16H,15H2,1H3. The van der Waals surface area contributed by atoms with E-state index in [9.17, 15) is 0 Å². The van der Waals surface area contributed by atoms with Crippen molar-refractivity contribution in [2.24, 2.45) is 0 Å². The molecule has 0 radical (unpaired) electrons. The van der Waals surface area contributed by atoms with Crippen molar-refractivity contribution in [3.8, 4) is 0 Å². The van der Waals surface area contributed by atoms with Crippen LogP contribution in [0, 0.1) is 0 Å². The minimum atomic E-state index is 0.624. The van der Waals surface area contributed by atoms with E-state index in [2.05, 4.69) is 23.7 Å². The molecule has 0 atom stereocenters. The SMILES string of the molecule is CSc1ccc(Nc2c(N)cccc2Cl)cc1. The highest BCUT2D eigenvalue weighted by Crippen LogP contribution is 2.31. The van der Waals surface area contributed by atoms with Crippen LogP contribution in [0.1, 0.15) is 0 Å². The molecule has 4 heteroatoms. The molecule has 0 amide bonds. The van der Waals surface area contributed by atoms with Gasteiger partial charge in [-0.25, -0.2) is 0 Å². The zero-order chi connectivity index (χ0) is 12.3. The highest BCUT2D eigenvalue weighted by Gasteiger charge is 2.04. The summed E-state index contributed by atoms with van der Waals surface area (Å²) in [6.07, 6.45) is 2.05. The number of hydrogen-bond donors (Lipinski definition) is 2. The first-order valence-electron chi connectivity index (χ1n) is 5.16. The van der Waals surface area contributed by atoms with Gasteiger partial charge in [0.1, 0.15) is 0 Å². The third-order valence-corrected chi connectivity index (χ3v) is 3.46. The van der Waals surface area contributed by atoms with E-state index in [-0.39, 0.29) is 0 Å². The second-order valence-corrected chi connectivity index (χ2v) is 4.84. The van der Waals surface area contributed by atoms with Crippen LogP contribution in [-0.2, 0) is 0 Å². The molecule has 0 aromatic heterocycles. The smallest absolute Gasteiger partial charge is 0.0807 e. The summed E-state index contributed by atoms with van der Waals surface area (Å²) in [7, 11) is 0. The van der Waals surface area contributed by atoms with Crippen LogP contribution in [0.3, 0.4) is 0 Å². The minimum absolute atomic E-state index is 0.624. The van der Waals surface area contributed by atoms with Gasteiger partial charge in [-0.2, -0.15) is 0 Å². The number of halogens is 1. The van der Waals surface area contributed by atoms with Crippen LogP contribution in [0.25, 0.3) is 0 Å². The zero-order valence-electron chi connectivity index (χ0n) is 9.41. The molecule has 0 aliphatic carbocycles. The number of anilines is 3. The molecular formula is C13H13ClN2S. The Hall–Kier alpha value is -1.32. The Morgan fingerprint density at radius 1 is 1.12 bits per heavy atom. The first-order valence-corrected chi connectivity index (χ1v) is 6.76. The van der Waals surface area contributed by atoms with Gasteiger partial charge in [0.15, 0.2) is 0 Å². The predicted molar refractivity (Wildman–Crippen MR) is 77.4 cm³/mol. The van der Waals surface area contributed by atoms with Gasteiger partial charge < -0.3 is 11.1 Å². The van der Waals surface area contributed by atoms with Gasteiger partial charge in [0, 0.05) is 10.6 Å². The van der Waals surface area contributed by atoms with Gasteiger partial charge >= 0.3 is 0 Å². The van der Waals surface area contributed by atoms with Crippen LogP contribution >= 0.6 is 23.4 Å². The van der Waals surface area contributed by atoms with Crippen LogP contribution in [0.15, 0.2) is 47.4 Å². The van der Waals surface area contributed by atoms with Crippen LogP contribution < -0.4 is 11.1 Å². The predicted octanol–water partition coefficient (Wildman–Crippen LogP) is 4.39. The molecule has 0 heterocycles. The first kappa shape index (κ1) is 12.1. The molecule has 2 aromatic carbocycles. The number of hydrogen-bond acceptors (Lipinski definition) is 3. The minimum Gasteiger partial charge on any atom is -0.397 e. The summed E-state index contributed by atoms with van der Waals surface area (Å²) in [5.74, 6) is 0. The van der Waals surface area contributed by atoms with E-state index in [0.717, 1.165) is 11.4 Å². The Bertz CT molecular complexity index is 491. The largest absolute Gasteiger partial charge is 0.397 e. The molecule has 88 valence electrons. The molecule has 0 saturated carbocycles. The molecule has 2 rings (SSSR count). The normalized spacial score (nSPS) is 10.2. The number of rotatable bonds is 3. The molecule has 2 nitrogen and oxygen atoms in total. The molecule has 0 aliphatic rings. The fourth-order valence-electron chi connectivity index (χ4n) is 1.49. The second kappa shape index (κ2) is 5.34. The Labute approximate surface area is 110 Å². The molecule has 0 bridgehead atoms. The maximum atomic E-state index is 6.09. The van der Waals surface area contributed by atoms with Crippen molar-refractivity contribution < 1.29 is 0 Å². The van der Waals surface area contributed by atoms with Crippen LogP contribution in [-0.4, -0.2) is 6.26 Å². The van der Waals surface area contributed by atoms with E-state index in [1.807, 2.05) is 30.3 Å². The third kappa shape index (κ3) is 2.87. The van der Waals surface area contributed by atoms with E-state index in [1.54, 1.807) is 11.8 Å².